The molecule has 21 heavy (non-hydrogen) atoms. The van der Waals surface area contributed by atoms with Crippen LogP contribution in [0.4, 0.5) is 5.69 Å². The molecule has 0 spiro atoms. The van der Waals surface area contributed by atoms with Crippen LogP contribution in [-0.4, -0.2) is 18.9 Å². The molecule has 108 valence electrons. The molecule has 5 nitrogen and oxygen atoms in total. The molecule has 0 aliphatic rings. The smallest absolute Gasteiger partial charge is 0.259 e. The maximum atomic E-state index is 12.3. The van der Waals surface area contributed by atoms with E-state index in [4.69, 9.17) is 22.1 Å². The lowest BCUT2D eigenvalue weighted by atomic mass is 10.1. The van der Waals surface area contributed by atoms with E-state index in [9.17, 15) is 9.59 Å². The molecular weight excluding hydrogens is 292 g/mol. The van der Waals surface area contributed by atoms with Gasteiger partial charge in [0.1, 0.15) is 5.75 Å². The predicted octanol–water partition coefficient (Wildman–Crippen LogP) is 2.70. The van der Waals surface area contributed by atoms with Crippen molar-refractivity contribution in [3.63, 3.8) is 0 Å². The van der Waals surface area contributed by atoms with Gasteiger partial charge in [0.15, 0.2) is 0 Å². The summed E-state index contributed by atoms with van der Waals surface area (Å²) in [5, 5.41) is 3.19. The van der Waals surface area contributed by atoms with Crippen molar-refractivity contribution in [2.45, 2.75) is 0 Å². The summed E-state index contributed by atoms with van der Waals surface area (Å²) in [5.41, 5.74) is 6.20. The molecule has 0 aliphatic heterocycles. The number of nitrogens with two attached hydrogens (primary N) is 1. The molecule has 0 atom stereocenters. The average molecular weight is 305 g/mol. The van der Waals surface area contributed by atoms with Gasteiger partial charge in [-0.15, -0.1) is 0 Å². The fourth-order valence-electron chi connectivity index (χ4n) is 1.80. The zero-order chi connectivity index (χ0) is 15.4. The van der Waals surface area contributed by atoms with Gasteiger partial charge in [-0.1, -0.05) is 17.7 Å². The van der Waals surface area contributed by atoms with Crippen LogP contribution >= 0.6 is 11.6 Å². The maximum absolute atomic E-state index is 12.3. The van der Waals surface area contributed by atoms with Gasteiger partial charge in [0.2, 0.25) is 5.91 Å². The second-order valence-electron chi connectivity index (χ2n) is 4.24. The number of benzene rings is 2. The van der Waals surface area contributed by atoms with Gasteiger partial charge in [-0.2, -0.15) is 0 Å². The first kappa shape index (κ1) is 14.9. The van der Waals surface area contributed by atoms with Crippen molar-refractivity contribution in [1.29, 1.82) is 0 Å². The molecule has 2 rings (SSSR count). The fourth-order valence-corrected chi connectivity index (χ4v) is 1.99. The molecule has 2 amide bonds. The number of carbonyl (C=O) groups is 2. The van der Waals surface area contributed by atoms with Gasteiger partial charge in [0.25, 0.3) is 5.91 Å². The van der Waals surface area contributed by atoms with E-state index in [1.807, 2.05) is 0 Å². The fraction of sp³-hybridized carbons (Fsp3) is 0.0667. The lowest BCUT2D eigenvalue weighted by molar-refractivity contribution is 0.1000. The Bertz CT molecular complexity index is 701. The molecule has 0 fully saturated rings. The molecule has 0 bridgehead atoms. The Morgan fingerprint density at radius 3 is 2.57 bits per heavy atom. The SMILES string of the molecule is COc1ccc(C(N)=O)cc1C(=O)Nc1cccc(Cl)c1. The highest BCUT2D eigenvalue weighted by atomic mass is 35.5. The summed E-state index contributed by atoms with van der Waals surface area (Å²) in [6, 6.07) is 11.1. The number of primary amides is 1. The number of anilines is 1. The first-order chi connectivity index (χ1) is 10.0. The van der Waals surface area contributed by atoms with Crippen LogP contribution in [0.15, 0.2) is 42.5 Å². The van der Waals surface area contributed by atoms with Crippen molar-refractivity contribution in [3.8, 4) is 5.75 Å². The number of hydrogen-bond donors (Lipinski definition) is 2. The first-order valence-electron chi connectivity index (χ1n) is 6.06. The summed E-state index contributed by atoms with van der Waals surface area (Å²) in [5.74, 6) is -0.689. The Labute approximate surface area is 126 Å². The van der Waals surface area contributed by atoms with E-state index in [1.54, 1.807) is 24.3 Å². The molecule has 2 aromatic rings. The molecule has 0 unspecified atom stereocenters. The molecule has 0 saturated heterocycles. The number of ether oxygens (including phenoxy) is 1. The van der Waals surface area contributed by atoms with Gasteiger partial charge in [-0.3, -0.25) is 9.59 Å². The van der Waals surface area contributed by atoms with Crippen molar-refractivity contribution in [1.82, 2.24) is 0 Å². The first-order valence-corrected chi connectivity index (χ1v) is 6.44. The lowest BCUT2D eigenvalue weighted by Gasteiger charge is -2.10. The highest BCUT2D eigenvalue weighted by Gasteiger charge is 2.15. The van der Waals surface area contributed by atoms with Gasteiger partial charge < -0.3 is 15.8 Å². The van der Waals surface area contributed by atoms with Crippen LogP contribution in [-0.2, 0) is 0 Å². The summed E-state index contributed by atoms with van der Waals surface area (Å²) in [4.78, 5) is 23.5. The van der Waals surface area contributed by atoms with E-state index < -0.39 is 11.8 Å². The Morgan fingerprint density at radius 1 is 1.19 bits per heavy atom. The van der Waals surface area contributed by atoms with Crippen LogP contribution in [0.25, 0.3) is 0 Å². The number of methoxy groups -OCH3 is 1. The van der Waals surface area contributed by atoms with Crippen molar-refractivity contribution in [3.05, 3.63) is 58.6 Å². The topological polar surface area (TPSA) is 81.4 Å². The summed E-state index contributed by atoms with van der Waals surface area (Å²) >= 11 is 5.86. The third kappa shape index (κ3) is 3.52. The molecule has 0 aliphatic carbocycles. The van der Waals surface area contributed by atoms with Gasteiger partial charge in [-0.05, 0) is 36.4 Å². The molecule has 6 heteroatoms. The Morgan fingerprint density at radius 2 is 1.95 bits per heavy atom. The van der Waals surface area contributed by atoms with Crippen LogP contribution in [0.2, 0.25) is 5.02 Å². The number of amides is 2. The Balaban J connectivity index is 2.33. The van der Waals surface area contributed by atoms with E-state index >= 15 is 0 Å². The van der Waals surface area contributed by atoms with Crippen LogP contribution in [0.3, 0.4) is 0 Å². The Kier molecular flexibility index (Phi) is 4.45. The molecular formula is C15H13ClN2O3. The minimum absolute atomic E-state index is 0.216. The molecule has 0 aromatic heterocycles. The highest BCUT2D eigenvalue weighted by Crippen LogP contribution is 2.22. The Hall–Kier alpha value is -2.53. The van der Waals surface area contributed by atoms with E-state index in [0.29, 0.717) is 16.5 Å². The zero-order valence-electron chi connectivity index (χ0n) is 11.2. The van der Waals surface area contributed by atoms with E-state index in [-0.39, 0.29) is 11.1 Å². The molecule has 2 aromatic carbocycles. The second kappa shape index (κ2) is 6.28. The maximum Gasteiger partial charge on any atom is 0.259 e. The van der Waals surface area contributed by atoms with Crippen LogP contribution in [0.5, 0.6) is 5.75 Å². The van der Waals surface area contributed by atoms with Crippen molar-refractivity contribution < 1.29 is 14.3 Å². The minimum atomic E-state index is -0.616. The third-order valence-electron chi connectivity index (χ3n) is 2.81. The van der Waals surface area contributed by atoms with Crippen molar-refractivity contribution in [2.24, 2.45) is 5.73 Å². The standard InChI is InChI=1S/C15H13ClN2O3/c1-21-13-6-5-9(14(17)19)7-12(13)15(20)18-11-4-2-3-10(16)8-11/h2-8H,1H3,(H2,17,19)(H,18,20). The van der Waals surface area contributed by atoms with Crippen molar-refractivity contribution in [2.75, 3.05) is 12.4 Å². The predicted molar refractivity (Wildman–Crippen MR) is 80.9 cm³/mol. The summed E-state index contributed by atoms with van der Waals surface area (Å²) in [6.07, 6.45) is 0. The number of nitrogens with one attached hydrogen (secondary N) is 1. The summed E-state index contributed by atoms with van der Waals surface area (Å²) in [6.45, 7) is 0. The van der Waals surface area contributed by atoms with E-state index in [2.05, 4.69) is 5.32 Å². The van der Waals surface area contributed by atoms with E-state index in [1.165, 1.54) is 25.3 Å². The summed E-state index contributed by atoms with van der Waals surface area (Å²) in [7, 11) is 1.44. The van der Waals surface area contributed by atoms with E-state index in [0.717, 1.165) is 0 Å². The minimum Gasteiger partial charge on any atom is -0.496 e. The highest BCUT2D eigenvalue weighted by molar-refractivity contribution is 6.31. The van der Waals surface area contributed by atoms with Gasteiger partial charge >= 0.3 is 0 Å². The monoisotopic (exact) mass is 304 g/mol. The second-order valence-corrected chi connectivity index (χ2v) is 4.68. The number of carbonyl (C=O) groups excluding carboxylic acids is 2. The zero-order valence-corrected chi connectivity index (χ0v) is 12.0. The van der Waals surface area contributed by atoms with Crippen LogP contribution < -0.4 is 15.8 Å². The quantitative estimate of drug-likeness (QED) is 0.911. The van der Waals surface area contributed by atoms with Crippen molar-refractivity contribution >= 4 is 29.1 Å². The average Bonchev–Trinajstić information content (AvgIpc) is 2.46. The van der Waals surface area contributed by atoms with Gasteiger partial charge in [-0.25, -0.2) is 0 Å². The lowest BCUT2D eigenvalue weighted by Crippen LogP contribution is -2.16. The third-order valence-corrected chi connectivity index (χ3v) is 3.05. The molecule has 0 radical (unpaired) electrons. The number of halogens is 1. The normalized spacial score (nSPS) is 10.0. The molecule has 0 heterocycles. The molecule has 3 N–H and O–H groups in total. The molecule has 0 saturated carbocycles. The number of hydrogen-bond acceptors (Lipinski definition) is 3. The van der Waals surface area contributed by atoms with Gasteiger partial charge in [0.05, 0.1) is 12.7 Å². The summed E-state index contributed by atoms with van der Waals surface area (Å²) < 4.78 is 5.12. The largest absolute Gasteiger partial charge is 0.496 e. The van der Waals surface area contributed by atoms with Crippen LogP contribution in [0.1, 0.15) is 20.7 Å². The van der Waals surface area contributed by atoms with Gasteiger partial charge in [0, 0.05) is 16.3 Å². The number of rotatable bonds is 4. The van der Waals surface area contributed by atoms with Crippen LogP contribution in [0, 0.1) is 0 Å².